The lowest BCUT2D eigenvalue weighted by atomic mass is 10.2. The summed E-state index contributed by atoms with van der Waals surface area (Å²) in [4.78, 5) is 16.6. The van der Waals surface area contributed by atoms with E-state index >= 15 is 0 Å². The van der Waals surface area contributed by atoms with Crippen LogP contribution in [0.4, 0.5) is 5.82 Å². The number of nitrogens with one attached hydrogen (secondary N) is 1. The smallest absolute Gasteiger partial charge is 0.242 e. The molecule has 1 atom stereocenters. The first-order chi connectivity index (χ1) is 10.6. The number of rotatable bonds is 5. The number of hydrogen-bond acceptors (Lipinski definition) is 5. The molecule has 114 valence electrons. The first-order valence-electron chi connectivity index (χ1n) is 7.03. The number of nitrogen functional groups attached to an aromatic ring is 1. The summed E-state index contributed by atoms with van der Waals surface area (Å²) in [7, 11) is 0. The molecule has 0 radical (unpaired) electrons. The molecule has 0 fully saturated rings. The van der Waals surface area contributed by atoms with Crippen molar-refractivity contribution in [2.45, 2.75) is 25.9 Å². The second-order valence-electron chi connectivity index (χ2n) is 5.16. The number of carbonyl (C=O) groups is 1. The van der Waals surface area contributed by atoms with Crippen molar-refractivity contribution in [1.82, 2.24) is 20.1 Å². The normalized spacial score (nSPS) is 12.4. The van der Waals surface area contributed by atoms with Gasteiger partial charge >= 0.3 is 0 Å². The zero-order chi connectivity index (χ0) is 15.5. The monoisotopic (exact) mass is 315 g/mol. The molecule has 3 rings (SSSR count). The van der Waals surface area contributed by atoms with E-state index in [2.05, 4.69) is 21.5 Å². The highest BCUT2D eigenvalue weighted by molar-refractivity contribution is 7.18. The van der Waals surface area contributed by atoms with Gasteiger partial charge in [0.1, 0.15) is 12.4 Å². The molecular weight excluding hydrogens is 298 g/mol. The van der Waals surface area contributed by atoms with Crippen LogP contribution in [0.5, 0.6) is 0 Å². The van der Waals surface area contributed by atoms with Gasteiger partial charge in [-0.3, -0.25) is 4.79 Å². The molecule has 2 heterocycles. The van der Waals surface area contributed by atoms with Crippen molar-refractivity contribution in [1.29, 1.82) is 0 Å². The topological polar surface area (TPSA) is 85.8 Å². The number of hydrogen-bond donors (Lipinski definition) is 2. The maximum Gasteiger partial charge on any atom is 0.242 e. The van der Waals surface area contributed by atoms with Gasteiger partial charge in [-0.05, 0) is 25.1 Å². The minimum Gasteiger partial charge on any atom is -0.384 e. The van der Waals surface area contributed by atoms with E-state index in [0.29, 0.717) is 12.2 Å². The molecule has 1 amide bonds. The molecule has 7 heteroatoms. The minimum absolute atomic E-state index is 0.00449. The van der Waals surface area contributed by atoms with Gasteiger partial charge in [0, 0.05) is 12.5 Å². The first-order valence-corrected chi connectivity index (χ1v) is 7.84. The van der Waals surface area contributed by atoms with Crippen molar-refractivity contribution in [2.75, 3.05) is 5.73 Å². The fourth-order valence-corrected chi connectivity index (χ4v) is 3.35. The lowest BCUT2D eigenvalue weighted by molar-refractivity contribution is -0.122. The number of benzene rings is 1. The maximum absolute atomic E-state index is 12.0. The molecule has 2 aromatic heterocycles. The van der Waals surface area contributed by atoms with Gasteiger partial charge in [0.2, 0.25) is 5.91 Å². The van der Waals surface area contributed by atoms with Crippen LogP contribution in [0.1, 0.15) is 11.9 Å². The van der Waals surface area contributed by atoms with Crippen molar-refractivity contribution in [3.05, 3.63) is 41.5 Å². The molecule has 0 aliphatic carbocycles. The van der Waals surface area contributed by atoms with E-state index < -0.39 is 0 Å². The Morgan fingerprint density at radius 3 is 2.95 bits per heavy atom. The number of carbonyl (C=O) groups excluding carboxylic acids is 1. The zero-order valence-corrected chi connectivity index (χ0v) is 13.0. The Balaban J connectivity index is 1.58. The van der Waals surface area contributed by atoms with E-state index in [1.165, 1.54) is 9.38 Å². The summed E-state index contributed by atoms with van der Waals surface area (Å²) >= 11 is 1.66. The van der Waals surface area contributed by atoms with E-state index in [1.54, 1.807) is 23.6 Å². The third-order valence-electron chi connectivity index (χ3n) is 3.27. The predicted octanol–water partition coefficient (Wildman–Crippen LogP) is 1.82. The summed E-state index contributed by atoms with van der Waals surface area (Å²) in [6.07, 6.45) is 2.28. The second-order valence-corrected chi connectivity index (χ2v) is 6.28. The number of fused-ring (bicyclic) bond motifs is 1. The highest BCUT2D eigenvalue weighted by Crippen LogP contribution is 2.22. The highest BCUT2D eigenvalue weighted by Gasteiger charge is 2.12. The van der Waals surface area contributed by atoms with Crippen molar-refractivity contribution in [3.63, 3.8) is 0 Å². The number of nitrogens with zero attached hydrogens (tertiary/aromatic N) is 3. The second kappa shape index (κ2) is 6.15. The molecule has 22 heavy (non-hydrogen) atoms. The Morgan fingerprint density at radius 2 is 2.23 bits per heavy atom. The minimum atomic E-state index is -0.107. The van der Waals surface area contributed by atoms with Crippen LogP contribution in [0.25, 0.3) is 10.2 Å². The zero-order valence-electron chi connectivity index (χ0n) is 12.2. The van der Waals surface area contributed by atoms with Gasteiger partial charge in [-0.2, -0.15) is 5.10 Å². The fraction of sp³-hybridized carbons (Fsp3) is 0.267. The van der Waals surface area contributed by atoms with Gasteiger partial charge in [0.25, 0.3) is 0 Å². The van der Waals surface area contributed by atoms with Gasteiger partial charge in [-0.15, -0.1) is 11.3 Å². The Morgan fingerprint density at radius 1 is 1.41 bits per heavy atom. The van der Waals surface area contributed by atoms with Gasteiger partial charge < -0.3 is 11.1 Å². The molecular formula is C15H17N5OS. The third kappa shape index (κ3) is 3.25. The Bertz CT molecular complexity index is 761. The fourth-order valence-electron chi connectivity index (χ4n) is 2.25. The van der Waals surface area contributed by atoms with Crippen molar-refractivity contribution < 1.29 is 4.79 Å². The number of anilines is 1. The largest absolute Gasteiger partial charge is 0.384 e. The molecule has 0 aliphatic rings. The molecule has 0 bridgehead atoms. The number of para-hydroxylation sites is 1. The van der Waals surface area contributed by atoms with Crippen molar-refractivity contribution in [3.8, 4) is 0 Å². The number of thiazole rings is 1. The molecule has 3 aromatic rings. The average molecular weight is 315 g/mol. The van der Waals surface area contributed by atoms with Crippen LogP contribution in [-0.4, -0.2) is 26.7 Å². The van der Waals surface area contributed by atoms with Gasteiger partial charge in [0.05, 0.1) is 21.4 Å². The SMILES string of the molecule is CC(Cc1nc2ccccc2s1)NC(=O)Cn1nccc1N. The van der Waals surface area contributed by atoms with E-state index in [0.717, 1.165) is 10.5 Å². The van der Waals surface area contributed by atoms with E-state index in [-0.39, 0.29) is 18.5 Å². The average Bonchev–Trinajstić information content (AvgIpc) is 3.04. The lowest BCUT2D eigenvalue weighted by Gasteiger charge is -2.12. The van der Waals surface area contributed by atoms with Crippen LogP contribution in [0.2, 0.25) is 0 Å². The summed E-state index contributed by atoms with van der Waals surface area (Å²) in [6.45, 7) is 2.10. The summed E-state index contributed by atoms with van der Waals surface area (Å²) in [5.74, 6) is 0.373. The van der Waals surface area contributed by atoms with Crippen molar-refractivity contribution in [2.24, 2.45) is 0 Å². The lowest BCUT2D eigenvalue weighted by Crippen LogP contribution is -2.36. The molecule has 6 nitrogen and oxygen atoms in total. The number of aromatic nitrogens is 3. The van der Waals surface area contributed by atoms with Crippen LogP contribution in [0.3, 0.4) is 0 Å². The van der Waals surface area contributed by atoms with Crippen LogP contribution in [0.15, 0.2) is 36.5 Å². The number of amides is 1. The summed E-state index contributed by atoms with van der Waals surface area (Å²) in [6, 6.07) is 9.71. The molecule has 0 saturated carbocycles. The highest BCUT2D eigenvalue weighted by atomic mass is 32.1. The van der Waals surface area contributed by atoms with Gasteiger partial charge in [-0.25, -0.2) is 9.67 Å². The summed E-state index contributed by atoms with van der Waals surface area (Å²) in [5, 5.41) is 7.97. The van der Waals surface area contributed by atoms with E-state index in [1.807, 2.05) is 25.1 Å². The van der Waals surface area contributed by atoms with Crippen LogP contribution < -0.4 is 11.1 Å². The quantitative estimate of drug-likeness (QED) is 0.752. The summed E-state index contributed by atoms with van der Waals surface area (Å²) < 4.78 is 2.64. The van der Waals surface area contributed by atoms with Crippen LogP contribution in [-0.2, 0) is 17.8 Å². The van der Waals surface area contributed by atoms with Crippen molar-refractivity contribution >= 4 is 33.3 Å². The first kappa shape index (κ1) is 14.5. The third-order valence-corrected chi connectivity index (χ3v) is 4.33. The van der Waals surface area contributed by atoms with E-state index in [9.17, 15) is 4.79 Å². The Kier molecular flexibility index (Phi) is 4.06. The Labute approximate surface area is 132 Å². The number of nitrogens with two attached hydrogens (primary N) is 1. The van der Waals surface area contributed by atoms with Gasteiger partial charge in [-0.1, -0.05) is 12.1 Å². The molecule has 3 N–H and O–H groups in total. The molecule has 0 aliphatic heterocycles. The maximum atomic E-state index is 12.0. The molecule has 1 aromatic carbocycles. The predicted molar refractivity (Wildman–Crippen MR) is 87.6 cm³/mol. The molecule has 0 spiro atoms. The van der Waals surface area contributed by atoms with Crippen LogP contribution >= 0.6 is 11.3 Å². The molecule has 0 saturated heterocycles. The van der Waals surface area contributed by atoms with Gasteiger partial charge in [0.15, 0.2) is 0 Å². The van der Waals surface area contributed by atoms with Crippen LogP contribution in [0, 0.1) is 0 Å². The summed E-state index contributed by atoms with van der Waals surface area (Å²) in [5.41, 5.74) is 6.70. The Hall–Kier alpha value is -2.41. The standard InChI is InChI=1S/C15H17N5OS/c1-10(18-14(21)9-20-13(16)6-7-17-20)8-15-19-11-4-2-3-5-12(11)22-15/h2-7,10H,8-9,16H2,1H3,(H,18,21). The van der Waals surface area contributed by atoms with E-state index in [4.69, 9.17) is 5.73 Å². The molecule has 1 unspecified atom stereocenters.